The molecule has 0 saturated carbocycles. The summed E-state index contributed by atoms with van der Waals surface area (Å²) in [5.41, 5.74) is 6.88. The number of aliphatic hydroxyl groups excluding tert-OH is 2. The van der Waals surface area contributed by atoms with Gasteiger partial charge >= 0.3 is 11.8 Å². The van der Waals surface area contributed by atoms with Gasteiger partial charge in [0.15, 0.2) is 11.4 Å². The number of nitrogens with one attached hydrogen (secondary N) is 1. The Morgan fingerprint density at radius 1 is 1.01 bits per heavy atom. The molecule has 5 aliphatic heterocycles. The Labute approximate surface area is 427 Å². The predicted octanol–water partition coefficient (Wildman–Crippen LogP) is 5.88. The van der Waals surface area contributed by atoms with Crippen molar-refractivity contribution in [1.29, 1.82) is 0 Å². The number of likely N-dealkylation sites (tertiary alicyclic amines) is 1. The monoisotopic (exact) mass is 1010 g/mol. The predicted molar refractivity (Wildman–Crippen MR) is 279 cm³/mol. The topological polar surface area (TPSA) is 264 Å². The fourth-order valence-electron chi connectivity index (χ4n) is 10.2. The normalized spacial score (nSPS) is 27.1. The minimum atomic E-state index is -1.92. The molecule has 18 nitrogen and oxygen atoms in total. The third kappa shape index (κ3) is 12.0. The second kappa shape index (κ2) is 23.2. The maximum atomic E-state index is 14.8. The Morgan fingerprint density at radius 2 is 1.67 bits per heavy atom. The molecule has 1 fully saturated rings. The molecule has 1 spiro atoms. The highest BCUT2D eigenvalue weighted by Gasteiger charge is 2.50. The zero-order valence-corrected chi connectivity index (χ0v) is 44.1. The number of Topliss-reactive ketones (excluding diaryl/α,β-unsaturated/α-hetero) is 1. The second-order valence-electron chi connectivity index (χ2n) is 20.5. The zero-order chi connectivity index (χ0) is 53.7. The van der Waals surface area contributed by atoms with Crippen LogP contribution in [0.3, 0.4) is 0 Å². The summed E-state index contributed by atoms with van der Waals surface area (Å²) in [5, 5.41) is 47.5. The molecule has 0 aromatic heterocycles. The summed E-state index contributed by atoms with van der Waals surface area (Å²) in [6.45, 7) is 18.7. The highest BCUT2D eigenvalue weighted by Crippen LogP contribution is 2.50. The van der Waals surface area contributed by atoms with E-state index in [0.29, 0.717) is 60.9 Å². The van der Waals surface area contributed by atoms with Crippen LogP contribution in [0.15, 0.2) is 76.6 Å². The highest BCUT2D eigenvalue weighted by atomic mass is 16.7. The van der Waals surface area contributed by atoms with E-state index in [2.05, 4.69) is 24.1 Å². The van der Waals surface area contributed by atoms with Gasteiger partial charge < -0.3 is 60.3 Å². The number of amides is 1. The zero-order valence-electron chi connectivity index (χ0n) is 44.1. The molecule has 1 unspecified atom stereocenters. The number of anilines is 1. The number of ether oxygens (including phenoxy) is 4. The number of aromatic hydroxyl groups is 2. The number of carbonyl (C=O) groups excluding carboxylic acids is 3. The molecule has 5 aliphatic rings. The highest BCUT2D eigenvalue weighted by molar-refractivity contribution is 6.19. The molecule has 396 valence electrons. The number of nitrogens with zero attached hydrogens (tertiary/aromatic N) is 4. The van der Waals surface area contributed by atoms with Gasteiger partial charge in [0.2, 0.25) is 0 Å². The average Bonchev–Trinajstić information content (AvgIpc) is 3.85. The molecule has 3 aromatic rings. The maximum absolute atomic E-state index is 14.8. The Kier molecular flexibility index (Phi) is 17.7. The van der Waals surface area contributed by atoms with Gasteiger partial charge in [-0.15, -0.1) is 0 Å². The van der Waals surface area contributed by atoms with Crippen molar-refractivity contribution in [2.45, 2.75) is 112 Å². The van der Waals surface area contributed by atoms with Gasteiger partial charge in [-0.1, -0.05) is 59.8 Å². The van der Waals surface area contributed by atoms with E-state index in [1.54, 1.807) is 63.5 Å². The van der Waals surface area contributed by atoms with Crippen LogP contribution >= 0.6 is 0 Å². The molecule has 18 heteroatoms. The van der Waals surface area contributed by atoms with Crippen molar-refractivity contribution in [3.63, 3.8) is 0 Å². The van der Waals surface area contributed by atoms with Crippen LogP contribution < -0.4 is 37.1 Å². The number of methoxy groups -OCH3 is 1. The van der Waals surface area contributed by atoms with Gasteiger partial charge in [0.05, 0.1) is 41.5 Å². The molecule has 5 bridgehead atoms. The van der Waals surface area contributed by atoms with Crippen LogP contribution in [0.5, 0.6) is 23.0 Å². The number of hydrogen-bond donors (Lipinski definition) is 7. The lowest BCUT2D eigenvalue weighted by atomic mass is 9.80. The number of carbonyl (C=O) groups is 3. The lowest BCUT2D eigenvalue weighted by Crippen LogP contribution is -2.43. The maximum Gasteiger partial charge on any atom is 0.327 e. The Hall–Kier alpha value is -6.47. The summed E-state index contributed by atoms with van der Waals surface area (Å²) < 4.78 is 23.9. The van der Waals surface area contributed by atoms with E-state index in [-0.39, 0.29) is 80.5 Å². The first-order chi connectivity index (χ1) is 34.6. The lowest BCUT2D eigenvalue weighted by Gasteiger charge is -2.36. The third-order valence-electron chi connectivity index (χ3n) is 14.2. The number of ketones is 1. The number of hydrazine groups is 1. The van der Waals surface area contributed by atoms with Crippen LogP contribution in [0.1, 0.15) is 103 Å². The van der Waals surface area contributed by atoms with Gasteiger partial charge in [0.1, 0.15) is 40.9 Å². The lowest BCUT2D eigenvalue weighted by molar-refractivity contribution is -0.159. The molecule has 7 atom stereocenters. The van der Waals surface area contributed by atoms with Gasteiger partial charge in [0.25, 0.3) is 11.7 Å². The average molecular weight is 1010 g/mol. The van der Waals surface area contributed by atoms with E-state index in [0.717, 1.165) is 18.7 Å². The van der Waals surface area contributed by atoms with Crippen molar-refractivity contribution in [3.8, 4) is 23.0 Å². The van der Waals surface area contributed by atoms with E-state index < -0.39 is 53.0 Å². The van der Waals surface area contributed by atoms with Crippen molar-refractivity contribution in [3.05, 3.63) is 94.0 Å². The van der Waals surface area contributed by atoms with Crippen molar-refractivity contribution in [2.75, 3.05) is 45.7 Å². The Morgan fingerprint density at radius 3 is 2.32 bits per heavy atom. The number of allylic oxidation sites excluding steroid dienone is 4. The number of hydrogen-bond acceptors (Lipinski definition) is 17. The first kappa shape index (κ1) is 55.8. The van der Waals surface area contributed by atoms with Crippen molar-refractivity contribution < 1.29 is 53.8 Å². The number of aliphatic hydroxyl groups is 2. The minimum Gasteiger partial charge on any atom is -0.507 e. The number of rotatable bonds is 8. The van der Waals surface area contributed by atoms with Crippen molar-refractivity contribution >= 4 is 39.8 Å². The van der Waals surface area contributed by atoms with Gasteiger partial charge in [0, 0.05) is 75.2 Å². The number of nitrogens with two attached hydrogens (primary N) is 2. The van der Waals surface area contributed by atoms with Crippen molar-refractivity contribution in [1.82, 2.24) is 9.91 Å². The minimum absolute atomic E-state index is 0.0214. The number of fused-ring (bicyclic) bond motifs is 13. The fourth-order valence-corrected chi connectivity index (χ4v) is 10.2. The molecule has 0 aliphatic carbocycles. The fraction of sp³-hybridized carbons (Fsp3) is 0.509. The molecular formula is C55H75N7O11. The molecule has 73 heavy (non-hydrogen) atoms. The number of piperidine rings is 1. The quantitative estimate of drug-likeness (QED) is 0.0601. The standard InChI is InChI=1S/C54H71N7O10.CH4O/c1-29(2)26-60-22-20-54(21-23-60)58-43-40-41-47(64)35(8)50-42(40)51(66)53(9,71-50)69-24-12-15-31(4)49(70-39(62)28-61(56)27-38(55)36-16-18-37(68-10)19-17-36)34(7)46(63)33(6)25-30(3)13-11-14-32(5)52(67)57-45(48(41)65)44(43)59-54;1-2/h11-14,16-19,24,27,29-31,33-34,46,49,63-65H,15,20-23,25-26,28,55-56H2,1-10H3,(H,57,67);2H,1H3/b13-11+,24-12+,32-14-,38-27-;/t30?,31-,33-,34-,46-,49-,53+;/m1./s1. The summed E-state index contributed by atoms with van der Waals surface area (Å²) in [7, 11) is 2.57. The molecule has 9 N–H and O–H groups in total. The number of esters is 1. The third-order valence-corrected chi connectivity index (χ3v) is 14.2. The second-order valence-corrected chi connectivity index (χ2v) is 20.5. The van der Waals surface area contributed by atoms with E-state index in [1.807, 2.05) is 33.8 Å². The SMILES string of the molecule is CO.COc1ccc(/C(N)=C/N(N)CC(=O)O[C@H]2[C@H](C)[C@H](O)[C@H](C)CC(C)/C=C/C=C(/C)C(=O)Nc3c(O)c4c(O)c(C)c5c(c4c4c3=NC3(CCN(CC(C)C)CC3)N=4)C(=O)[C@@](C)(O/C=C/C[C@H]2C)O5)cc1. The summed E-state index contributed by atoms with van der Waals surface area (Å²) in [6, 6.07) is 7.06. The number of phenols is 2. The summed E-state index contributed by atoms with van der Waals surface area (Å²) >= 11 is 0. The van der Waals surface area contributed by atoms with E-state index in [4.69, 9.17) is 45.6 Å². The van der Waals surface area contributed by atoms with Crippen LogP contribution in [-0.2, 0) is 19.1 Å². The molecule has 3 aromatic carbocycles. The first-order valence-electron chi connectivity index (χ1n) is 25.0. The first-order valence-corrected chi connectivity index (χ1v) is 25.0. The largest absolute Gasteiger partial charge is 0.507 e. The molecule has 1 saturated heterocycles. The van der Waals surface area contributed by atoms with Crippen LogP contribution in [0, 0.1) is 36.5 Å². The summed E-state index contributed by atoms with van der Waals surface area (Å²) in [5.74, 6) is 1.74. The number of benzene rings is 3. The van der Waals surface area contributed by atoms with Gasteiger partial charge in [-0.25, -0.2) is 5.84 Å². The summed E-state index contributed by atoms with van der Waals surface area (Å²) in [6.07, 6.45) is 10.1. The van der Waals surface area contributed by atoms with E-state index >= 15 is 0 Å². The Balaban J connectivity index is 0.00000429. The molecule has 8 rings (SSSR count). The van der Waals surface area contributed by atoms with E-state index in [9.17, 15) is 29.7 Å². The van der Waals surface area contributed by atoms with Gasteiger partial charge in [-0.3, -0.25) is 24.4 Å². The van der Waals surface area contributed by atoms with Gasteiger partial charge in [-0.2, -0.15) is 0 Å². The van der Waals surface area contributed by atoms with Gasteiger partial charge in [-0.05, 0) is 86.3 Å². The molecule has 5 heterocycles. The smallest absolute Gasteiger partial charge is 0.327 e. The summed E-state index contributed by atoms with van der Waals surface area (Å²) in [4.78, 5) is 55.2. The van der Waals surface area contributed by atoms with Crippen molar-refractivity contribution in [2.24, 2.45) is 51.2 Å². The number of phenolic OH excluding ortho intramolecular Hbond substituents is 2. The molecule has 0 radical (unpaired) electrons. The van der Waals surface area contributed by atoms with Crippen LogP contribution in [0.4, 0.5) is 5.69 Å². The molecular weight excluding hydrogens is 935 g/mol. The van der Waals surface area contributed by atoms with Crippen LogP contribution in [-0.4, -0.2) is 112 Å². The van der Waals surface area contributed by atoms with Crippen LogP contribution in [0.25, 0.3) is 16.5 Å². The Bertz CT molecular complexity index is 2800. The van der Waals surface area contributed by atoms with Crippen LogP contribution in [0.2, 0.25) is 0 Å². The van der Waals surface area contributed by atoms with E-state index in [1.165, 1.54) is 19.4 Å². The molecule has 1 amide bonds.